The number of hydrogen-bond acceptors (Lipinski definition) is 3. The van der Waals surface area contributed by atoms with Gasteiger partial charge in [0.2, 0.25) is 0 Å². The first-order valence-corrected chi connectivity index (χ1v) is 5.43. The Bertz CT molecular complexity index is 172. The quantitative estimate of drug-likeness (QED) is 0.707. The van der Waals surface area contributed by atoms with Gasteiger partial charge >= 0.3 is 6.09 Å². The molecule has 4 nitrogen and oxygen atoms in total. The summed E-state index contributed by atoms with van der Waals surface area (Å²) in [6.07, 6.45) is 1.16. The van der Waals surface area contributed by atoms with Gasteiger partial charge in [0.05, 0.1) is 6.61 Å². The highest BCUT2D eigenvalue weighted by Gasteiger charge is 2.07. The topological polar surface area (TPSA) is 55.4 Å². The van der Waals surface area contributed by atoms with E-state index in [1.807, 2.05) is 6.92 Å². The molecule has 0 spiro atoms. The molecule has 0 aliphatic rings. The van der Waals surface area contributed by atoms with E-state index in [1.165, 1.54) is 0 Å². The van der Waals surface area contributed by atoms with Crippen LogP contribution in [0.25, 0.3) is 0 Å². The number of carbonyl (C=O) groups is 1. The molecule has 0 heterocycles. The number of hydrogen-bond donors (Lipinski definition) is 1. The zero-order valence-corrected chi connectivity index (χ0v) is 8.44. The molecule has 0 saturated heterocycles. The van der Waals surface area contributed by atoms with Crippen molar-refractivity contribution in [3.8, 4) is 0 Å². The third-order valence-electron chi connectivity index (χ3n) is 1.38. The van der Waals surface area contributed by atoms with Gasteiger partial charge in [-0.2, -0.15) is 0 Å². The van der Waals surface area contributed by atoms with Crippen molar-refractivity contribution in [3.63, 3.8) is 0 Å². The minimum absolute atomic E-state index is 0.0330. The van der Waals surface area contributed by atoms with E-state index in [4.69, 9.17) is 0 Å². The molecular formula is C7H15NO3S. The first-order valence-electron chi connectivity index (χ1n) is 3.80. The largest absolute Gasteiger partial charge is 0.450 e. The number of alkyl carbamates (subject to hydrolysis) is 1. The van der Waals surface area contributed by atoms with Crippen molar-refractivity contribution in [3.05, 3.63) is 0 Å². The van der Waals surface area contributed by atoms with Gasteiger partial charge in [-0.1, -0.05) is 0 Å². The van der Waals surface area contributed by atoms with Crippen LogP contribution in [0.5, 0.6) is 0 Å². The zero-order chi connectivity index (χ0) is 9.56. The molecule has 2 atom stereocenters. The lowest BCUT2D eigenvalue weighted by atomic mass is 10.5. The van der Waals surface area contributed by atoms with E-state index in [9.17, 15) is 9.00 Å². The van der Waals surface area contributed by atoms with Gasteiger partial charge in [0.25, 0.3) is 0 Å². The van der Waals surface area contributed by atoms with E-state index in [0.29, 0.717) is 13.2 Å². The maximum absolute atomic E-state index is 10.8. The molecule has 72 valence electrons. The van der Waals surface area contributed by atoms with Gasteiger partial charge in [0.15, 0.2) is 0 Å². The average molecular weight is 193 g/mol. The van der Waals surface area contributed by atoms with Crippen LogP contribution in [-0.2, 0) is 15.5 Å². The van der Waals surface area contributed by atoms with Crippen molar-refractivity contribution in [2.45, 2.75) is 19.1 Å². The molecule has 12 heavy (non-hydrogen) atoms. The Morgan fingerprint density at radius 3 is 2.67 bits per heavy atom. The van der Waals surface area contributed by atoms with Crippen molar-refractivity contribution >= 4 is 16.9 Å². The molecule has 0 saturated carbocycles. The molecule has 0 aliphatic heterocycles. The third kappa shape index (κ3) is 5.12. The van der Waals surface area contributed by atoms with Gasteiger partial charge in [-0.15, -0.1) is 0 Å². The molecule has 0 aromatic heterocycles. The van der Waals surface area contributed by atoms with Gasteiger partial charge in [0.1, 0.15) is 0 Å². The number of amides is 1. The van der Waals surface area contributed by atoms with Crippen LogP contribution in [0, 0.1) is 0 Å². The van der Waals surface area contributed by atoms with E-state index in [1.54, 1.807) is 13.2 Å². The fourth-order valence-corrected chi connectivity index (χ4v) is 0.845. The lowest BCUT2D eigenvalue weighted by Gasteiger charge is -2.09. The van der Waals surface area contributed by atoms with Crippen molar-refractivity contribution in [2.24, 2.45) is 0 Å². The SMILES string of the molecule is CCOC(=O)NCC(C)S(C)=O. The number of carbonyl (C=O) groups excluding carboxylic acids is 1. The minimum Gasteiger partial charge on any atom is -0.450 e. The number of rotatable bonds is 4. The van der Waals surface area contributed by atoms with Crippen LogP contribution in [-0.4, -0.2) is 35.0 Å². The lowest BCUT2D eigenvalue weighted by molar-refractivity contribution is 0.152. The normalized spacial score (nSPS) is 14.9. The zero-order valence-electron chi connectivity index (χ0n) is 7.62. The summed E-state index contributed by atoms with van der Waals surface area (Å²) in [5, 5.41) is 2.48. The Morgan fingerprint density at radius 1 is 1.67 bits per heavy atom. The molecule has 1 N–H and O–H groups in total. The van der Waals surface area contributed by atoms with E-state index in [-0.39, 0.29) is 5.25 Å². The van der Waals surface area contributed by atoms with Crippen LogP contribution in [0.3, 0.4) is 0 Å². The summed E-state index contributed by atoms with van der Waals surface area (Å²) in [5.74, 6) is 0. The monoisotopic (exact) mass is 193 g/mol. The molecule has 0 rings (SSSR count). The first kappa shape index (κ1) is 11.4. The lowest BCUT2D eigenvalue weighted by Crippen LogP contribution is -2.32. The summed E-state index contributed by atoms with van der Waals surface area (Å²) in [6, 6.07) is 0. The standard InChI is InChI=1S/C7H15NO3S/c1-4-11-7(9)8-5-6(2)12(3)10/h6H,4-5H2,1-3H3,(H,8,9). The third-order valence-corrected chi connectivity index (χ3v) is 2.68. The molecule has 0 radical (unpaired) electrons. The highest BCUT2D eigenvalue weighted by molar-refractivity contribution is 7.84. The molecule has 1 amide bonds. The van der Waals surface area contributed by atoms with Crippen LogP contribution in [0.4, 0.5) is 4.79 Å². The summed E-state index contributed by atoms with van der Waals surface area (Å²) in [4.78, 5) is 10.7. The van der Waals surface area contributed by atoms with E-state index in [0.717, 1.165) is 0 Å². The van der Waals surface area contributed by atoms with Crippen molar-refractivity contribution in [2.75, 3.05) is 19.4 Å². The van der Waals surface area contributed by atoms with Crippen LogP contribution in [0.2, 0.25) is 0 Å². The Labute approximate surface area is 75.1 Å². The second-order valence-electron chi connectivity index (χ2n) is 2.41. The van der Waals surface area contributed by atoms with E-state index >= 15 is 0 Å². The van der Waals surface area contributed by atoms with Gasteiger partial charge in [-0.3, -0.25) is 4.21 Å². The van der Waals surface area contributed by atoms with Crippen molar-refractivity contribution in [1.29, 1.82) is 0 Å². The molecule has 0 aliphatic carbocycles. The maximum atomic E-state index is 10.8. The second kappa shape index (κ2) is 5.99. The highest BCUT2D eigenvalue weighted by Crippen LogP contribution is 1.89. The Kier molecular flexibility index (Phi) is 5.70. The van der Waals surface area contributed by atoms with Crippen molar-refractivity contribution < 1.29 is 13.7 Å². The summed E-state index contributed by atoms with van der Waals surface area (Å²) >= 11 is 0. The molecular weight excluding hydrogens is 178 g/mol. The highest BCUT2D eigenvalue weighted by atomic mass is 32.2. The summed E-state index contributed by atoms with van der Waals surface area (Å²) < 4.78 is 15.5. The predicted octanol–water partition coefficient (Wildman–Crippen LogP) is 0.500. The predicted molar refractivity (Wildman–Crippen MR) is 48.6 cm³/mol. The second-order valence-corrected chi connectivity index (χ2v) is 4.21. The maximum Gasteiger partial charge on any atom is 0.407 e. The summed E-state index contributed by atoms with van der Waals surface area (Å²) in [7, 11) is -0.901. The van der Waals surface area contributed by atoms with E-state index in [2.05, 4.69) is 10.1 Å². The minimum atomic E-state index is -0.901. The van der Waals surface area contributed by atoms with E-state index < -0.39 is 16.9 Å². The van der Waals surface area contributed by atoms with Crippen LogP contribution in [0.1, 0.15) is 13.8 Å². The number of nitrogens with one attached hydrogen (secondary N) is 1. The molecule has 0 aromatic rings. The number of ether oxygens (including phenoxy) is 1. The fraction of sp³-hybridized carbons (Fsp3) is 0.857. The van der Waals surface area contributed by atoms with Gasteiger partial charge < -0.3 is 10.1 Å². The van der Waals surface area contributed by atoms with Crippen LogP contribution >= 0.6 is 0 Å². The average Bonchev–Trinajstić information content (AvgIpc) is 2.00. The van der Waals surface area contributed by atoms with Gasteiger partial charge in [0, 0.05) is 28.9 Å². The Balaban J connectivity index is 3.54. The van der Waals surface area contributed by atoms with Gasteiger partial charge in [-0.25, -0.2) is 4.79 Å². The molecule has 2 unspecified atom stereocenters. The molecule has 0 aromatic carbocycles. The smallest absolute Gasteiger partial charge is 0.407 e. The fourth-order valence-electron chi connectivity index (χ4n) is 0.527. The van der Waals surface area contributed by atoms with Crippen LogP contribution < -0.4 is 5.32 Å². The van der Waals surface area contributed by atoms with Gasteiger partial charge in [-0.05, 0) is 13.8 Å². The molecule has 0 bridgehead atoms. The Hall–Kier alpha value is -0.580. The Morgan fingerprint density at radius 2 is 2.25 bits per heavy atom. The molecule has 0 fully saturated rings. The van der Waals surface area contributed by atoms with Crippen LogP contribution in [0.15, 0.2) is 0 Å². The van der Waals surface area contributed by atoms with Crippen molar-refractivity contribution in [1.82, 2.24) is 5.32 Å². The summed E-state index contributed by atoms with van der Waals surface area (Å²) in [5.41, 5.74) is 0. The summed E-state index contributed by atoms with van der Waals surface area (Å²) in [6.45, 7) is 4.29. The molecule has 5 heteroatoms. The first-order chi connectivity index (χ1) is 5.57.